The van der Waals surface area contributed by atoms with Crippen molar-refractivity contribution in [1.82, 2.24) is 0 Å². The Morgan fingerprint density at radius 1 is 1.39 bits per heavy atom. The van der Waals surface area contributed by atoms with Gasteiger partial charge in [-0.25, -0.2) is 12.8 Å². The van der Waals surface area contributed by atoms with E-state index in [1.165, 1.54) is 6.07 Å². The number of benzene rings is 1. The second-order valence-corrected chi connectivity index (χ2v) is 7.85. The van der Waals surface area contributed by atoms with Crippen LogP contribution in [0.5, 0.6) is 0 Å². The highest BCUT2D eigenvalue weighted by atomic mass is 79.9. The second kappa shape index (κ2) is 5.27. The SMILES string of the molecule is NC(c1cc(Br)ccc1F)C1CCCCS1(=O)=O. The summed E-state index contributed by atoms with van der Waals surface area (Å²) in [6.45, 7) is 0. The number of sulfone groups is 1. The lowest BCUT2D eigenvalue weighted by Crippen LogP contribution is -2.38. The maximum absolute atomic E-state index is 13.7. The first-order valence-electron chi connectivity index (χ1n) is 5.84. The van der Waals surface area contributed by atoms with E-state index in [-0.39, 0.29) is 11.3 Å². The minimum Gasteiger partial charge on any atom is -0.323 e. The van der Waals surface area contributed by atoms with Crippen LogP contribution in [0.2, 0.25) is 0 Å². The van der Waals surface area contributed by atoms with Gasteiger partial charge in [-0.05, 0) is 31.0 Å². The Labute approximate surface area is 115 Å². The van der Waals surface area contributed by atoms with Gasteiger partial charge >= 0.3 is 0 Å². The van der Waals surface area contributed by atoms with Gasteiger partial charge in [0.15, 0.2) is 9.84 Å². The molecule has 0 aromatic heterocycles. The first kappa shape index (κ1) is 14.0. The monoisotopic (exact) mass is 335 g/mol. The minimum atomic E-state index is -3.21. The smallest absolute Gasteiger partial charge is 0.155 e. The molecule has 1 aromatic carbocycles. The Balaban J connectivity index is 2.35. The fourth-order valence-corrected chi connectivity index (χ4v) is 4.76. The molecule has 0 amide bonds. The normalized spacial score (nSPS) is 24.7. The van der Waals surface area contributed by atoms with Gasteiger partial charge in [0, 0.05) is 16.1 Å². The van der Waals surface area contributed by atoms with Crippen LogP contribution in [0.25, 0.3) is 0 Å². The highest BCUT2D eigenvalue weighted by molar-refractivity contribution is 9.10. The maximum Gasteiger partial charge on any atom is 0.155 e. The van der Waals surface area contributed by atoms with Gasteiger partial charge in [0.25, 0.3) is 0 Å². The molecule has 0 radical (unpaired) electrons. The fourth-order valence-electron chi connectivity index (χ4n) is 2.35. The third-order valence-corrected chi connectivity index (χ3v) is 6.15. The third-order valence-electron chi connectivity index (χ3n) is 3.35. The van der Waals surface area contributed by atoms with Crippen LogP contribution in [-0.4, -0.2) is 19.4 Å². The van der Waals surface area contributed by atoms with Gasteiger partial charge in [0.2, 0.25) is 0 Å². The van der Waals surface area contributed by atoms with Gasteiger partial charge in [0.1, 0.15) is 5.82 Å². The molecular weight excluding hydrogens is 321 g/mol. The molecule has 2 N–H and O–H groups in total. The van der Waals surface area contributed by atoms with E-state index in [2.05, 4.69) is 15.9 Å². The zero-order valence-corrected chi connectivity index (χ0v) is 12.2. The Morgan fingerprint density at radius 3 is 2.78 bits per heavy atom. The molecule has 2 rings (SSSR count). The molecule has 6 heteroatoms. The number of rotatable bonds is 2. The average Bonchev–Trinajstić information content (AvgIpc) is 2.31. The molecule has 1 aliphatic rings. The molecule has 2 unspecified atom stereocenters. The lowest BCUT2D eigenvalue weighted by Gasteiger charge is -2.28. The number of hydrogen-bond acceptors (Lipinski definition) is 3. The van der Waals surface area contributed by atoms with Crippen molar-refractivity contribution in [2.75, 3.05) is 5.75 Å². The summed E-state index contributed by atoms with van der Waals surface area (Å²) in [6.07, 6.45) is 2.01. The summed E-state index contributed by atoms with van der Waals surface area (Å²) in [5.74, 6) is -0.299. The van der Waals surface area contributed by atoms with Crippen LogP contribution in [0.3, 0.4) is 0 Å². The molecule has 2 atom stereocenters. The molecule has 100 valence electrons. The quantitative estimate of drug-likeness (QED) is 0.903. The van der Waals surface area contributed by atoms with E-state index >= 15 is 0 Å². The van der Waals surface area contributed by atoms with Crippen molar-refractivity contribution in [3.63, 3.8) is 0 Å². The molecule has 0 saturated carbocycles. The second-order valence-electron chi connectivity index (χ2n) is 4.59. The van der Waals surface area contributed by atoms with Crippen LogP contribution in [0.15, 0.2) is 22.7 Å². The highest BCUT2D eigenvalue weighted by Crippen LogP contribution is 2.31. The van der Waals surface area contributed by atoms with Gasteiger partial charge < -0.3 is 5.73 Å². The molecule has 0 aliphatic carbocycles. The third kappa shape index (κ3) is 2.75. The summed E-state index contributed by atoms with van der Waals surface area (Å²) in [5.41, 5.74) is 6.24. The van der Waals surface area contributed by atoms with Crippen molar-refractivity contribution in [2.24, 2.45) is 5.73 Å². The molecule has 1 aliphatic heterocycles. The van der Waals surface area contributed by atoms with Crippen LogP contribution in [0, 0.1) is 5.82 Å². The number of nitrogens with two attached hydrogens (primary N) is 1. The fraction of sp³-hybridized carbons (Fsp3) is 0.500. The van der Waals surface area contributed by atoms with E-state index in [1.807, 2.05) is 0 Å². The van der Waals surface area contributed by atoms with Crippen LogP contribution in [0.4, 0.5) is 4.39 Å². The van der Waals surface area contributed by atoms with Crippen molar-refractivity contribution in [2.45, 2.75) is 30.6 Å². The van der Waals surface area contributed by atoms with E-state index in [0.29, 0.717) is 17.3 Å². The van der Waals surface area contributed by atoms with Gasteiger partial charge in [-0.15, -0.1) is 0 Å². The maximum atomic E-state index is 13.7. The average molecular weight is 336 g/mol. The van der Waals surface area contributed by atoms with Crippen LogP contribution in [-0.2, 0) is 9.84 Å². The predicted molar refractivity (Wildman–Crippen MR) is 72.5 cm³/mol. The van der Waals surface area contributed by atoms with E-state index in [4.69, 9.17) is 5.73 Å². The first-order chi connectivity index (χ1) is 8.42. The van der Waals surface area contributed by atoms with E-state index in [1.54, 1.807) is 12.1 Å². The number of halogens is 2. The van der Waals surface area contributed by atoms with Crippen molar-refractivity contribution >= 4 is 25.8 Å². The molecule has 1 fully saturated rings. The zero-order chi connectivity index (χ0) is 13.3. The molecule has 0 spiro atoms. The highest BCUT2D eigenvalue weighted by Gasteiger charge is 2.35. The first-order valence-corrected chi connectivity index (χ1v) is 8.35. The summed E-state index contributed by atoms with van der Waals surface area (Å²) >= 11 is 3.25. The lowest BCUT2D eigenvalue weighted by molar-refractivity contribution is 0.492. The van der Waals surface area contributed by atoms with Crippen molar-refractivity contribution < 1.29 is 12.8 Å². The summed E-state index contributed by atoms with van der Waals surface area (Å²) < 4.78 is 38.4. The Bertz CT molecular complexity index is 547. The van der Waals surface area contributed by atoms with Gasteiger partial charge in [-0.3, -0.25) is 0 Å². The predicted octanol–water partition coefficient (Wildman–Crippen LogP) is 2.56. The minimum absolute atomic E-state index is 0.154. The molecule has 1 aromatic rings. The van der Waals surface area contributed by atoms with E-state index in [0.717, 1.165) is 6.42 Å². The van der Waals surface area contributed by atoms with Crippen molar-refractivity contribution in [1.29, 1.82) is 0 Å². The summed E-state index contributed by atoms with van der Waals surface area (Å²) in [6, 6.07) is 3.63. The summed E-state index contributed by atoms with van der Waals surface area (Å²) in [5, 5.41) is -0.671. The molecular formula is C12H15BrFNO2S. The molecule has 1 heterocycles. The Kier molecular flexibility index (Phi) is 4.08. The largest absolute Gasteiger partial charge is 0.323 e. The Morgan fingerprint density at radius 2 is 2.11 bits per heavy atom. The topological polar surface area (TPSA) is 60.2 Å². The summed E-state index contributed by atoms with van der Waals surface area (Å²) in [7, 11) is -3.21. The van der Waals surface area contributed by atoms with Crippen LogP contribution < -0.4 is 5.73 Å². The van der Waals surface area contributed by atoms with Gasteiger partial charge in [0.05, 0.1) is 11.0 Å². The number of hydrogen-bond donors (Lipinski definition) is 1. The molecule has 0 bridgehead atoms. The molecule has 1 saturated heterocycles. The van der Waals surface area contributed by atoms with Gasteiger partial charge in [-0.1, -0.05) is 22.4 Å². The summed E-state index contributed by atoms with van der Waals surface area (Å²) in [4.78, 5) is 0. The Hall–Kier alpha value is -0.460. The molecule has 3 nitrogen and oxygen atoms in total. The van der Waals surface area contributed by atoms with Crippen LogP contribution >= 0.6 is 15.9 Å². The van der Waals surface area contributed by atoms with Crippen molar-refractivity contribution in [3.8, 4) is 0 Å². The van der Waals surface area contributed by atoms with Crippen LogP contribution in [0.1, 0.15) is 30.9 Å². The standard InChI is InChI=1S/C12H15BrFNO2S/c13-8-4-5-10(14)9(7-8)12(15)11-3-1-2-6-18(11,16)17/h4-5,7,11-12H,1-3,6,15H2. The van der Waals surface area contributed by atoms with Crippen molar-refractivity contribution in [3.05, 3.63) is 34.1 Å². The zero-order valence-electron chi connectivity index (χ0n) is 9.77. The van der Waals surface area contributed by atoms with Gasteiger partial charge in [-0.2, -0.15) is 0 Å². The van der Waals surface area contributed by atoms with E-state index in [9.17, 15) is 12.8 Å². The molecule has 18 heavy (non-hydrogen) atoms. The lowest BCUT2D eigenvalue weighted by atomic mass is 10.00. The van der Waals surface area contributed by atoms with E-state index < -0.39 is 26.9 Å².